The SMILES string of the molecule is C=CC(C)(C)O[SiH3]. The molecule has 0 bridgehead atoms. The molecule has 0 radical (unpaired) electrons. The van der Waals surface area contributed by atoms with Crippen molar-refractivity contribution in [1.82, 2.24) is 0 Å². The zero-order chi connectivity index (χ0) is 5.91. The molecule has 0 saturated carbocycles. The quantitative estimate of drug-likeness (QED) is 0.371. The molecule has 0 aliphatic carbocycles. The third-order valence-corrected chi connectivity index (χ3v) is 2.07. The van der Waals surface area contributed by atoms with E-state index in [1.807, 2.05) is 13.8 Å². The standard InChI is InChI=1S/C5H12OSi/c1-4-5(2,3)6-7/h4H,1H2,2-3,7H3. The van der Waals surface area contributed by atoms with Crippen LogP contribution in [0.3, 0.4) is 0 Å². The summed E-state index contributed by atoms with van der Waals surface area (Å²) in [7, 11) is 0.786. The van der Waals surface area contributed by atoms with Gasteiger partial charge in [-0.1, -0.05) is 6.08 Å². The third-order valence-electron chi connectivity index (χ3n) is 1.02. The highest BCUT2D eigenvalue weighted by atomic mass is 28.2. The Morgan fingerprint density at radius 1 is 1.71 bits per heavy atom. The fraction of sp³-hybridized carbons (Fsp3) is 0.600. The van der Waals surface area contributed by atoms with Crippen LogP contribution in [-0.4, -0.2) is 16.1 Å². The lowest BCUT2D eigenvalue weighted by molar-refractivity contribution is 0.180. The van der Waals surface area contributed by atoms with Crippen molar-refractivity contribution in [1.29, 1.82) is 0 Å². The van der Waals surface area contributed by atoms with E-state index in [2.05, 4.69) is 6.58 Å². The molecule has 0 fully saturated rings. The molecular weight excluding hydrogens is 104 g/mol. The van der Waals surface area contributed by atoms with Crippen molar-refractivity contribution >= 4 is 10.5 Å². The van der Waals surface area contributed by atoms with Crippen molar-refractivity contribution in [2.45, 2.75) is 19.4 Å². The van der Waals surface area contributed by atoms with Crippen molar-refractivity contribution in [2.75, 3.05) is 0 Å². The molecule has 0 aromatic carbocycles. The second-order valence-electron chi connectivity index (χ2n) is 2.01. The van der Waals surface area contributed by atoms with E-state index >= 15 is 0 Å². The second-order valence-corrected chi connectivity index (χ2v) is 2.42. The molecule has 0 aromatic rings. The lowest BCUT2D eigenvalue weighted by atomic mass is 10.1. The fourth-order valence-corrected chi connectivity index (χ4v) is 0.250. The Morgan fingerprint density at radius 2 is 2.14 bits per heavy atom. The molecule has 0 amide bonds. The lowest BCUT2D eigenvalue weighted by Crippen LogP contribution is -2.18. The molecule has 2 heteroatoms. The van der Waals surface area contributed by atoms with Crippen LogP contribution in [0, 0.1) is 0 Å². The average molecular weight is 116 g/mol. The minimum Gasteiger partial charge on any atom is -0.420 e. The van der Waals surface area contributed by atoms with Gasteiger partial charge < -0.3 is 4.43 Å². The van der Waals surface area contributed by atoms with Gasteiger partial charge in [-0.15, -0.1) is 6.58 Å². The van der Waals surface area contributed by atoms with Gasteiger partial charge in [0, 0.05) is 0 Å². The Labute approximate surface area is 47.9 Å². The summed E-state index contributed by atoms with van der Waals surface area (Å²) in [6.45, 7) is 7.59. The molecule has 0 aromatic heterocycles. The van der Waals surface area contributed by atoms with Gasteiger partial charge in [0.1, 0.15) is 10.5 Å². The van der Waals surface area contributed by atoms with Crippen LogP contribution >= 0.6 is 0 Å². The van der Waals surface area contributed by atoms with Crippen molar-refractivity contribution in [3.63, 3.8) is 0 Å². The Hall–Kier alpha value is -0.0831. The maximum Gasteiger partial charge on any atom is 0.147 e. The molecule has 1 nitrogen and oxygen atoms in total. The van der Waals surface area contributed by atoms with E-state index in [1.165, 1.54) is 0 Å². The zero-order valence-electron chi connectivity index (χ0n) is 5.19. The van der Waals surface area contributed by atoms with Crippen LogP contribution in [0.4, 0.5) is 0 Å². The van der Waals surface area contributed by atoms with Gasteiger partial charge in [0.15, 0.2) is 0 Å². The van der Waals surface area contributed by atoms with Crippen LogP contribution in [0.2, 0.25) is 0 Å². The molecule has 0 spiro atoms. The highest BCUT2D eigenvalue weighted by Crippen LogP contribution is 2.05. The first-order chi connectivity index (χ1) is 3.12. The number of hydrogen-bond acceptors (Lipinski definition) is 1. The molecule has 0 N–H and O–H groups in total. The second kappa shape index (κ2) is 2.28. The summed E-state index contributed by atoms with van der Waals surface area (Å²) in [6.07, 6.45) is 1.81. The third kappa shape index (κ3) is 2.59. The molecule has 42 valence electrons. The Bertz CT molecular complexity index is 68.5. The predicted molar refractivity (Wildman–Crippen MR) is 35.3 cm³/mol. The van der Waals surface area contributed by atoms with Crippen molar-refractivity contribution in [3.05, 3.63) is 12.7 Å². The molecule has 0 aliphatic heterocycles. The Balaban J connectivity index is 3.58. The largest absolute Gasteiger partial charge is 0.420 e. The van der Waals surface area contributed by atoms with E-state index in [-0.39, 0.29) is 5.60 Å². The topological polar surface area (TPSA) is 9.23 Å². The van der Waals surface area contributed by atoms with E-state index < -0.39 is 0 Å². The Morgan fingerprint density at radius 3 is 2.14 bits per heavy atom. The monoisotopic (exact) mass is 116 g/mol. The van der Waals surface area contributed by atoms with E-state index in [0.29, 0.717) is 0 Å². The Kier molecular flexibility index (Phi) is 2.26. The first kappa shape index (κ1) is 6.92. The van der Waals surface area contributed by atoms with Crippen molar-refractivity contribution in [3.8, 4) is 0 Å². The highest BCUT2D eigenvalue weighted by Gasteiger charge is 2.06. The molecule has 0 aliphatic rings. The minimum absolute atomic E-state index is 0.0910. The lowest BCUT2D eigenvalue weighted by Gasteiger charge is -2.17. The maximum atomic E-state index is 5.11. The predicted octanol–water partition coefficient (Wildman–Crippen LogP) is 0.248. The summed E-state index contributed by atoms with van der Waals surface area (Å²) >= 11 is 0. The van der Waals surface area contributed by atoms with E-state index in [1.54, 1.807) is 6.08 Å². The number of hydrogen-bond donors (Lipinski definition) is 0. The van der Waals surface area contributed by atoms with Gasteiger partial charge in [0.25, 0.3) is 0 Å². The summed E-state index contributed by atoms with van der Waals surface area (Å²) < 4.78 is 5.11. The van der Waals surface area contributed by atoms with E-state index in [0.717, 1.165) is 10.5 Å². The van der Waals surface area contributed by atoms with Crippen LogP contribution in [0.5, 0.6) is 0 Å². The van der Waals surface area contributed by atoms with Gasteiger partial charge in [-0.05, 0) is 13.8 Å². The van der Waals surface area contributed by atoms with Crippen LogP contribution in [0.1, 0.15) is 13.8 Å². The van der Waals surface area contributed by atoms with Gasteiger partial charge >= 0.3 is 0 Å². The molecule has 0 heterocycles. The van der Waals surface area contributed by atoms with Crippen molar-refractivity contribution in [2.24, 2.45) is 0 Å². The first-order valence-electron chi connectivity index (χ1n) is 2.31. The van der Waals surface area contributed by atoms with Crippen LogP contribution in [-0.2, 0) is 4.43 Å². The van der Waals surface area contributed by atoms with Gasteiger partial charge in [0.05, 0.1) is 5.60 Å². The van der Waals surface area contributed by atoms with Gasteiger partial charge in [-0.3, -0.25) is 0 Å². The van der Waals surface area contributed by atoms with Crippen LogP contribution < -0.4 is 0 Å². The molecule has 0 rings (SSSR count). The molecule has 0 unspecified atom stereocenters. The van der Waals surface area contributed by atoms with Crippen LogP contribution in [0.15, 0.2) is 12.7 Å². The summed E-state index contributed by atoms with van der Waals surface area (Å²) in [6, 6.07) is 0. The normalized spacial score (nSPS) is 11.7. The number of rotatable bonds is 2. The zero-order valence-corrected chi connectivity index (χ0v) is 7.19. The van der Waals surface area contributed by atoms with E-state index in [4.69, 9.17) is 4.43 Å². The van der Waals surface area contributed by atoms with Gasteiger partial charge in [0.2, 0.25) is 0 Å². The maximum absolute atomic E-state index is 5.11. The van der Waals surface area contributed by atoms with Gasteiger partial charge in [-0.25, -0.2) is 0 Å². The molecule has 0 atom stereocenters. The summed E-state index contributed by atoms with van der Waals surface area (Å²) in [5.74, 6) is 0. The molecule has 0 saturated heterocycles. The molecular formula is C5H12OSi. The van der Waals surface area contributed by atoms with Crippen LogP contribution in [0.25, 0.3) is 0 Å². The summed E-state index contributed by atoms with van der Waals surface area (Å²) in [5.41, 5.74) is -0.0910. The molecule has 7 heavy (non-hydrogen) atoms. The average Bonchev–Trinajstić information content (AvgIpc) is 1.68. The fourth-order valence-electron chi connectivity index (χ4n) is 0.0833. The highest BCUT2D eigenvalue weighted by molar-refractivity contribution is 5.98. The minimum atomic E-state index is -0.0910. The van der Waals surface area contributed by atoms with Crippen molar-refractivity contribution < 1.29 is 4.43 Å². The summed E-state index contributed by atoms with van der Waals surface area (Å²) in [4.78, 5) is 0. The first-order valence-corrected chi connectivity index (χ1v) is 3.13. The summed E-state index contributed by atoms with van der Waals surface area (Å²) in [5, 5.41) is 0. The van der Waals surface area contributed by atoms with E-state index in [9.17, 15) is 0 Å². The van der Waals surface area contributed by atoms with Gasteiger partial charge in [-0.2, -0.15) is 0 Å². The smallest absolute Gasteiger partial charge is 0.147 e.